The number of carbonyl (C=O) groups excluding carboxylic acids is 1. The van der Waals surface area contributed by atoms with Gasteiger partial charge < -0.3 is 30.4 Å². The molecular weight excluding hydrogens is 504 g/mol. The first-order valence-corrected chi connectivity index (χ1v) is 13.7. The molecule has 0 unspecified atom stereocenters. The molecule has 198 valence electrons. The maximum atomic E-state index is 13.3. The molecule has 38 heavy (non-hydrogen) atoms. The number of nitrogens with two attached hydrogens (primary N) is 1. The lowest BCUT2D eigenvalue weighted by Gasteiger charge is -2.32. The van der Waals surface area contributed by atoms with Gasteiger partial charge in [0.1, 0.15) is 6.26 Å². The van der Waals surface area contributed by atoms with E-state index in [-0.39, 0.29) is 23.7 Å². The summed E-state index contributed by atoms with van der Waals surface area (Å²) in [5.74, 6) is 0.642. The van der Waals surface area contributed by atoms with Gasteiger partial charge in [-0.3, -0.25) is 9.78 Å². The second kappa shape index (κ2) is 10.3. The maximum Gasteiger partial charge on any atom is 0.277 e. The Morgan fingerprint density at radius 2 is 2.00 bits per heavy atom. The highest BCUT2D eigenvalue weighted by atomic mass is 32.1. The number of pyridine rings is 2. The summed E-state index contributed by atoms with van der Waals surface area (Å²) < 4.78 is 6.46. The van der Waals surface area contributed by atoms with Crippen LogP contribution in [-0.2, 0) is 0 Å². The highest BCUT2D eigenvalue weighted by Crippen LogP contribution is 2.36. The maximum absolute atomic E-state index is 13.3. The number of β-amino-alcohol motifs (C(OH)–C–C–N with tert-alkyl or cyclic N) is 1. The number of piperidine rings is 2. The van der Waals surface area contributed by atoms with Gasteiger partial charge in [-0.15, -0.1) is 0 Å². The molecule has 4 aromatic rings. The Morgan fingerprint density at radius 3 is 2.79 bits per heavy atom. The summed E-state index contributed by atoms with van der Waals surface area (Å²) in [4.78, 5) is 35.8. The Labute approximate surface area is 223 Å². The number of oxazole rings is 1. The number of rotatable bonds is 5. The summed E-state index contributed by atoms with van der Waals surface area (Å²) in [5.41, 5.74) is 9.13. The number of anilines is 3. The molecule has 4 aromatic heterocycles. The standard InChI is InChI=1S/C26H30N8O3S/c1-15-11-16(4-7-28-15)25-30-20(14-37-25)24(36)29-19-12-21-22(31-23(19)33-9-5-17(27)6-10-33)32-26(38-21)34-8-2-3-18(35)13-34/h4,7,11-12,14,17-18,35H,2-3,5-6,8-10,13,27H2,1H3,(H,29,36)/t18-/m0/s1. The third-order valence-electron chi connectivity index (χ3n) is 6.99. The van der Waals surface area contributed by atoms with Crippen molar-refractivity contribution in [1.29, 1.82) is 0 Å². The van der Waals surface area contributed by atoms with Crippen LogP contribution < -0.4 is 20.9 Å². The molecule has 0 spiro atoms. The van der Waals surface area contributed by atoms with Gasteiger partial charge in [-0.2, -0.15) is 4.98 Å². The SMILES string of the molecule is Cc1cc(-c2nc(C(=O)Nc3cc4sc(N5CCC[C@H](O)C5)nc4nc3N3CCC(N)CC3)co2)ccn1. The van der Waals surface area contributed by atoms with Crippen LogP contribution in [0.2, 0.25) is 0 Å². The van der Waals surface area contributed by atoms with Crippen molar-refractivity contribution >= 4 is 44.2 Å². The number of nitrogens with zero attached hydrogens (tertiary/aromatic N) is 6. The normalized spacial score (nSPS) is 18.8. The van der Waals surface area contributed by atoms with Crippen LogP contribution in [0.1, 0.15) is 41.9 Å². The molecule has 2 aliphatic rings. The molecule has 0 aromatic carbocycles. The first kappa shape index (κ1) is 24.7. The van der Waals surface area contributed by atoms with E-state index in [9.17, 15) is 9.90 Å². The topological polar surface area (TPSA) is 147 Å². The molecule has 12 heteroatoms. The Bertz CT molecular complexity index is 1460. The number of thiazole rings is 1. The average molecular weight is 535 g/mol. The summed E-state index contributed by atoms with van der Waals surface area (Å²) in [6.07, 6.45) is 6.11. The molecule has 2 aliphatic heterocycles. The molecule has 1 amide bonds. The monoisotopic (exact) mass is 534 g/mol. The van der Waals surface area contributed by atoms with E-state index in [0.717, 1.165) is 66.4 Å². The molecule has 11 nitrogen and oxygen atoms in total. The third kappa shape index (κ3) is 5.06. The van der Waals surface area contributed by atoms with Crippen LogP contribution >= 0.6 is 11.3 Å². The van der Waals surface area contributed by atoms with Crippen molar-refractivity contribution in [2.24, 2.45) is 5.73 Å². The van der Waals surface area contributed by atoms with Gasteiger partial charge >= 0.3 is 0 Å². The minimum Gasteiger partial charge on any atom is -0.444 e. The van der Waals surface area contributed by atoms with Crippen molar-refractivity contribution in [3.8, 4) is 11.5 Å². The fraction of sp³-hybridized carbons (Fsp3) is 0.423. The van der Waals surface area contributed by atoms with Crippen molar-refractivity contribution < 1.29 is 14.3 Å². The molecule has 0 bridgehead atoms. The quantitative estimate of drug-likeness (QED) is 0.349. The summed E-state index contributed by atoms with van der Waals surface area (Å²) in [6, 6.07) is 5.74. The number of aliphatic hydroxyl groups excluding tert-OH is 1. The lowest BCUT2D eigenvalue weighted by Crippen LogP contribution is -2.40. The van der Waals surface area contributed by atoms with Gasteiger partial charge in [0, 0.05) is 49.7 Å². The lowest BCUT2D eigenvalue weighted by atomic mass is 10.1. The number of carbonyl (C=O) groups is 1. The largest absolute Gasteiger partial charge is 0.444 e. The molecular formula is C26H30N8O3S. The first-order chi connectivity index (χ1) is 18.4. The zero-order chi connectivity index (χ0) is 26.2. The zero-order valence-electron chi connectivity index (χ0n) is 21.1. The Kier molecular flexibility index (Phi) is 6.68. The summed E-state index contributed by atoms with van der Waals surface area (Å²) in [5, 5.41) is 14.0. The van der Waals surface area contributed by atoms with Crippen LogP contribution in [-0.4, -0.2) is 69.3 Å². The van der Waals surface area contributed by atoms with E-state index in [1.165, 1.54) is 17.6 Å². The zero-order valence-corrected chi connectivity index (χ0v) is 21.9. The van der Waals surface area contributed by atoms with Crippen molar-refractivity contribution in [1.82, 2.24) is 19.9 Å². The van der Waals surface area contributed by atoms with Crippen LogP contribution in [0.15, 0.2) is 35.1 Å². The second-order valence-electron chi connectivity index (χ2n) is 9.92. The van der Waals surface area contributed by atoms with Gasteiger partial charge in [-0.05, 0) is 50.8 Å². The highest BCUT2D eigenvalue weighted by molar-refractivity contribution is 7.22. The number of hydrogen-bond donors (Lipinski definition) is 3. The number of aromatic nitrogens is 4. The van der Waals surface area contributed by atoms with Crippen molar-refractivity contribution in [2.75, 3.05) is 41.3 Å². The number of aliphatic hydroxyl groups is 1. The van der Waals surface area contributed by atoms with E-state index < -0.39 is 0 Å². The van der Waals surface area contributed by atoms with Crippen molar-refractivity contribution in [3.05, 3.63) is 42.0 Å². The molecule has 1 atom stereocenters. The molecule has 0 saturated carbocycles. The fourth-order valence-corrected chi connectivity index (χ4v) is 5.91. The molecule has 6 rings (SSSR count). The highest BCUT2D eigenvalue weighted by Gasteiger charge is 2.25. The van der Waals surface area contributed by atoms with Gasteiger partial charge in [0.2, 0.25) is 5.89 Å². The predicted octanol–water partition coefficient (Wildman–Crippen LogP) is 3.19. The third-order valence-corrected chi connectivity index (χ3v) is 8.04. The minimum atomic E-state index is -0.384. The van der Waals surface area contributed by atoms with E-state index >= 15 is 0 Å². The first-order valence-electron chi connectivity index (χ1n) is 12.9. The average Bonchev–Trinajstić information content (AvgIpc) is 3.57. The van der Waals surface area contributed by atoms with E-state index in [1.807, 2.05) is 19.1 Å². The van der Waals surface area contributed by atoms with Crippen LogP contribution in [0.4, 0.5) is 16.6 Å². The van der Waals surface area contributed by atoms with Gasteiger partial charge in [-0.1, -0.05) is 11.3 Å². The van der Waals surface area contributed by atoms with E-state index in [0.29, 0.717) is 29.6 Å². The van der Waals surface area contributed by atoms with Crippen LogP contribution in [0.3, 0.4) is 0 Å². The Morgan fingerprint density at radius 1 is 1.16 bits per heavy atom. The van der Waals surface area contributed by atoms with Gasteiger partial charge in [0.15, 0.2) is 22.3 Å². The van der Waals surface area contributed by atoms with Gasteiger partial charge in [0.05, 0.1) is 16.5 Å². The predicted molar refractivity (Wildman–Crippen MR) is 147 cm³/mol. The van der Waals surface area contributed by atoms with Crippen LogP contribution in [0.5, 0.6) is 0 Å². The van der Waals surface area contributed by atoms with E-state index in [2.05, 4.69) is 25.1 Å². The minimum absolute atomic E-state index is 0.162. The molecule has 0 aliphatic carbocycles. The smallest absolute Gasteiger partial charge is 0.277 e. The second-order valence-corrected chi connectivity index (χ2v) is 10.9. The number of aryl methyl sites for hydroxylation is 1. The molecule has 2 saturated heterocycles. The molecule has 6 heterocycles. The number of amides is 1. The Hall–Kier alpha value is -3.61. The van der Waals surface area contributed by atoms with E-state index in [4.69, 9.17) is 20.1 Å². The van der Waals surface area contributed by atoms with Gasteiger partial charge in [-0.25, -0.2) is 9.97 Å². The molecule has 2 fully saturated rings. The van der Waals surface area contributed by atoms with Crippen molar-refractivity contribution in [2.45, 2.75) is 44.8 Å². The number of hydrogen-bond acceptors (Lipinski definition) is 11. The fourth-order valence-electron chi connectivity index (χ4n) is 4.93. The summed E-state index contributed by atoms with van der Waals surface area (Å²) in [7, 11) is 0. The summed E-state index contributed by atoms with van der Waals surface area (Å²) >= 11 is 1.51. The van der Waals surface area contributed by atoms with Crippen LogP contribution in [0.25, 0.3) is 21.8 Å². The van der Waals surface area contributed by atoms with Gasteiger partial charge in [0.25, 0.3) is 5.91 Å². The van der Waals surface area contributed by atoms with E-state index in [1.54, 1.807) is 12.3 Å². The lowest BCUT2D eigenvalue weighted by molar-refractivity contribution is 0.102. The molecule has 4 N–H and O–H groups in total. The molecule has 0 radical (unpaired) electrons. The number of nitrogens with one attached hydrogen (secondary N) is 1. The van der Waals surface area contributed by atoms with Crippen LogP contribution in [0, 0.1) is 6.92 Å². The summed E-state index contributed by atoms with van der Waals surface area (Å²) in [6.45, 7) is 4.78. The Balaban J connectivity index is 1.31. The number of fused-ring (bicyclic) bond motifs is 1. The van der Waals surface area contributed by atoms with Crippen molar-refractivity contribution in [3.63, 3.8) is 0 Å².